The van der Waals surface area contributed by atoms with E-state index in [0.29, 0.717) is 0 Å². The van der Waals surface area contributed by atoms with Crippen LogP contribution in [0.25, 0.3) is 0 Å². The largest absolute Gasteiger partial charge is 0.394 e. The van der Waals surface area contributed by atoms with E-state index in [-0.39, 0.29) is 12.1 Å². The van der Waals surface area contributed by atoms with Crippen LogP contribution in [-0.2, 0) is 6.54 Å². The van der Waals surface area contributed by atoms with Crippen LogP contribution in [0.2, 0.25) is 4.34 Å². The molecule has 1 unspecified atom stereocenters. The molecule has 0 aliphatic rings. The number of aliphatic hydroxyl groups is 1. The second kappa shape index (κ2) is 5.64. The molecule has 0 aromatic carbocycles. The highest BCUT2D eigenvalue weighted by Gasteiger charge is 2.20. The molecule has 1 rings (SSSR count). The monoisotopic (exact) mass is 311 g/mol. The first-order valence-corrected chi connectivity index (χ1v) is 6.79. The van der Waals surface area contributed by atoms with Crippen LogP contribution in [0.1, 0.15) is 25.1 Å². The lowest BCUT2D eigenvalue weighted by Gasteiger charge is -2.26. The maximum atomic E-state index is 9.23. The van der Waals surface area contributed by atoms with E-state index >= 15 is 0 Å². The number of hydrogen-bond acceptors (Lipinski definition) is 3. The predicted molar refractivity (Wildman–Crippen MR) is 69.7 cm³/mol. The molecule has 15 heavy (non-hydrogen) atoms. The van der Waals surface area contributed by atoms with Crippen LogP contribution >= 0.6 is 38.9 Å². The Kier molecular flexibility index (Phi) is 5.06. The summed E-state index contributed by atoms with van der Waals surface area (Å²) in [7, 11) is 0. The van der Waals surface area contributed by atoms with Gasteiger partial charge in [0.25, 0.3) is 0 Å². The summed E-state index contributed by atoms with van der Waals surface area (Å²) >= 11 is 10.9. The molecule has 2 N–H and O–H groups in total. The van der Waals surface area contributed by atoms with E-state index in [1.807, 2.05) is 13.0 Å². The highest BCUT2D eigenvalue weighted by Crippen LogP contribution is 2.32. The zero-order valence-corrected chi connectivity index (χ0v) is 12.0. The van der Waals surface area contributed by atoms with Crippen molar-refractivity contribution in [3.05, 3.63) is 19.8 Å². The summed E-state index contributed by atoms with van der Waals surface area (Å²) < 4.78 is 1.71. The van der Waals surface area contributed by atoms with E-state index in [1.165, 1.54) is 4.88 Å². The normalized spacial score (nSPS) is 15.3. The standard InChI is InChI=1S/C10H15BrClNOS/c1-3-10(2,6-14)13-5-7-4-8(11)9(12)15-7/h4,13-14H,3,5-6H2,1-2H3. The van der Waals surface area contributed by atoms with Gasteiger partial charge in [0, 0.05) is 21.4 Å². The van der Waals surface area contributed by atoms with Gasteiger partial charge in [0.05, 0.1) is 6.61 Å². The van der Waals surface area contributed by atoms with Gasteiger partial charge < -0.3 is 10.4 Å². The number of rotatable bonds is 5. The van der Waals surface area contributed by atoms with E-state index in [4.69, 9.17) is 11.6 Å². The van der Waals surface area contributed by atoms with Crippen molar-refractivity contribution in [2.45, 2.75) is 32.4 Å². The summed E-state index contributed by atoms with van der Waals surface area (Å²) in [6.07, 6.45) is 0.893. The third-order valence-electron chi connectivity index (χ3n) is 2.51. The van der Waals surface area contributed by atoms with Gasteiger partial charge in [-0.2, -0.15) is 0 Å². The maximum Gasteiger partial charge on any atom is 0.107 e. The molecule has 0 bridgehead atoms. The fraction of sp³-hybridized carbons (Fsp3) is 0.600. The highest BCUT2D eigenvalue weighted by molar-refractivity contribution is 9.10. The van der Waals surface area contributed by atoms with Crippen molar-refractivity contribution in [3.8, 4) is 0 Å². The summed E-state index contributed by atoms with van der Waals surface area (Å²) in [6, 6.07) is 2.01. The molecule has 0 fully saturated rings. The van der Waals surface area contributed by atoms with Gasteiger partial charge >= 0.3 is 0 Å². The number of aliphatic hydroxyl groups excluding tert-OH is 1. The molecule has 1 aromatic rings. The fourth-order valence-corrected chi connectivity index (χ4v) is 2.80. The lowest BCUT2D eigenvalue weighted by atomic mass is 10.0. The van der Waals surface area contributed by atoms with Crippen LogP contribution in [0.4, 0.5) is 0 Å². The quantitative estimate of drug-likeness (QED) is 0.873. The van der Waals surface area contributed by atoms with E-state index in [1.54, 1.807) is 11.3 Å². The second-order valence-corrected chi connectivity index (χ2v) is 6.35. The molecule has 0 saturated heterocycles. The Balaban J connectivity index is 2.56. The Hall–Kier alpha value is 0.390. The summed E-state index contributed by atoms with van der Waals surface area (Å²) in [5.41, 5.74) is -0.205. The molecule has 5 heteroatoms. The molecule has 0 aliphatic heterocycles. The van der Waals surface area contributed by atoms with Crippen molar-refractivity contribution in [2.75, 3.05) is 6.61 Å². The number of thiophene rings is 1. The Morgan fingerprint density at radius 1 is 1.67 bits per heavy atom. The van der Waals surface area contributed by atoms with Crippen molar-refractivity contribution < 1.29 is 5.11 Å². The molecule has 0 saturated carbocycles. The van der Waals surface area contributed by atoms with Gasteiger partial charge in [0.2, 0.25) is 0 Å². The summed E-state index contributed by atoms with van der Waals surface area (Å²) in [5.74, 6) is 0. The smallest absolute Gasteiger partial charge is 0.107 e. The van der Waals surface area contributed by atoms with Crippen LogP contribution in [0.3, 0.4) is 0 Å². The molecule has 0 radical (unpaired) electrons. The third kappa shape index (κ3) is 3.71. The van der Waals surface area contributed by atoms with Gasteiger partial charge in [-0.05, 0) is 35.3 Å². The Labute approximate surface area is 108 Å². The molecule has 0 aliphatic carbocycles. The zero-order chi connectivity index (χ0) is 11.5. The summed E-state index contributed by atoms with van der Waals surface area (Å²) in [6.45, 7) is 4.95. The van der Waals surface area contributed by atoms with Gasteiger partial charge in [0.1, 0.15) is 4.34 Å². The first-order valence-electron chi connectivity index (χ1n) is 4.80. The fourth-order valence-electron chi connectivity index (χ4n) is 1.07. The Bertz CT molecular complexity index is 306. The Morgan fingerprint density at radius 2 is 2.33 bits per heavy atom. The van der Waals surface area contributed by atoms with Crippen LogP contribution in [0, 0.1) is 0 Å². The zero-order valence-electron chi connectivity index (χ0n) is 8.81. The van der Waals surface area contributed by atoms with E-state index in [9.17, 15) is 5.11 Å². The summed E-state index contributed by atoms with van der Waals surface area (Å²) in [4.78, 5) is 1.17. The van der Waals surface area contributed by atoms with Crippen molar-refractivity contribution >= 4 is 38.9 Å². The second-order valence-electron chi connectivity index (χ2n) is 3.76. The van der Waals surface area contributed by atoms with Gasteiger partial charge in [-0.3, -0.25) is 0 Å². The van der Waals surface area contributed by atoms with E-state index < -0.39 is 0 Å². The van der Waals surface area contributed by atoms with Crippen molar-refractivity contribution in [2.24, 2.45) is 0 Å². The maximum absolute atomic E-state index is 9.23. The molecule has 2 nitrogen and oxygen atoms in total. The minimum absolute atomic E-state index is 0.143. The van der Waals surface area contributed by atoms with Crippen LogP contribution in [0.5, 0.6) is 0 Å². The van der Waals surface area contributed by atoms with Crippen LogP contribution in [-0.4, -0.2) is 17.3 Å². The topological polar surface area (TPSA) is 32.3 Å². The molecule has 0 spiro atoms. The van der Waals surface area contributed by atoms with E-state index in [0.717, 1.165) is 21.8 Å². The van der Waals surface area contributed by atoms with Gasteiger partial charge in [0.15, 0.2) is 0 Å². The number of halogens is 2. The third-order valence-corrected chi connectivity index (χ3v) is 4.99. The minimum Gasteiger partial charge on any atom is -0.394 e. The molecular weight excluding hydrogens is 298 g/mol. The highest BCUT2D eigenvalue weighted by atomic mass is 79.9. The lowest BCUT2D eigenvalue weighted by molar-refractivity contribution is 0.169. The minimum atomic E-state index is -0.205. The summed E-state index contributed by atoms with van der Waals surface area (Å²) in [5, 5.41) is 12.6. The SMILES string of the molecule is CCC(C)(CO)NCc1cc(Br)c(Cl)s1. The number of hydrogen-bond donors (Lipinski definition) is 2. The average molecular weight is 313 g/mol. The van der Waals surface area contributed by atoms with Crippen molar-refractivity contribution in [3.63, 3.8) is 0 Å². The molecule has 0 amide bonds. The van der Waals surface area contributed by atoms with Gasteiger partial charge in [-0.1, -0.05) is 18.5 Å². The van der Waals surface area contributed by atoms with Gasteiger partial charge in [-0.15, -0.1) is 11.3 Å². The van der Waals surface area contributed by atoms with Crippen LogP contribution < -0.4 is 5.32 Å². The first kappa shape index (κ1) is 13.5. The Morgan fingerprint density at radius 3 is 2.73 bits per heavy atom. The number of nitrogens with one attached hydrogen (secondary N) is 1. The average Bonchev–Trinajstić information content (AvgIpc) is 2.55. The predicted octanol–water partition coefficient (Wildman–Crippen LogP) is 3.41. The molecule has 86 valence electrons. The molecular formula is C10H15BrClNOS. The van der Waals surface area contributed by atoms with Gasteiger partial charge in [-0.25, -0.2) is 0 Å². The molecule has 1 heterocycles. The molecule has 1 aromatic heterocycles. The lowest BCUT2D eigenvalue weighted by Crippen LogP contribution is -2.44. The van der Waals surface area contributed by atoms with E-state index in [2.05, 4.69) is 28.2 Å². The van der Waals surface area contributed by atoms with Crippen molar-refractivity contribution in [1.29, 1.82) is 0 Å². The molecule has 1 atom stereocenters. The van der Waals surface area contributed by atoms with Crippen LogP contribution in [0.15, 0.2) is 10.5 Å². The first-order chi connectivity index (χ1) is 7.00. The van der Waals surface area contributed by atoms with Crippen molar-refractivity contribution in [1.82, 2.24) is 5.32 Å².